The van der Waals surface area contributed by atoms with Crippen LogP contribution in [0.15, 0.2) is 108 Å². The molecule has 49 heavy (non-hydrogen) atoms. The van der Waals surface area contributed by atoms with Gasteiger partial charge in [0.1, 0.15) is 28.0 Å². The smallest absolute Gasteiger partial charge is 0.265 e. The molecule has 0 spiro atoms. The van der Waals surface area contributed by atoms with E-state index in [1.165, 1.54) is 4.40 Å². The molecule has 246 valence electrons. The number of aromatic amines is 1. The van der Waals surface area contributed by atoms with Crippen LogP contribution in [0.1, 0.15) is 46.1 Å². The number of hydrogen-bond donors (Lipinski definition) is 3. The highest BCUT2D eigenvalue weighted by atomic mass is 32.2. The first-order valence-electron chi connectivity index (χ1n) is 15.5. The summed E-state index contributed by atoms with van der Waals surface area (Å²) in [6, 6.07) is 30.8. The minimum absolute atomic E-state index is 0.0209. The van der Waals surface area contributed by atoms with Gasteiger partial charge in [0.05, 0.1) is 0 Å². The maximum Gasteiger partial charge on any atom is 0.265 e. The third kappa shape index (κ3) is 6.52. The lowest BCUT2D eigenvalue weighted by atomic mass is 10.1. The molecule has 6 rings (SSSR count). The summed E-state index contributed by atoms with van der Waals surface area (Å²) >= 11 is 0. The van der Waals surface area contributed by atoms with Crippen molar-refractivity contribution in [2.75, 3.05) is 10.0 Å². The van der Waals surface area contributed by atoms with Crippen LogP contribution < -0.4 is 14.8 Å². The Kier molecular flexibility index (Phi) is 9.02. The zero-order valence-corrected chi connectivity index (χ0v) is 27.7. The quantitative estimate of drug-likeness (QED) is 0.130. The van der Waals surface area contributed by atoms with Gasteiger partial charge in [-0.2, -0.15) is 10.4 Å². The Labute approximate surface area is 283 Å². The molecular formula is C37H32N6O5S. The van der Waals surface area contributed by atoms with Crippen LogP contribution in [-0.4, -0.2) is 40.8 Å². The van der Waals surface area contributed by atoms with E-state index in [1.807, 2.05) is 45.0 Å². The molecule has 1 amide bonds. The molecule has 0 radical (unpaired) electrons. The largest absolute Gasteiger partial charge is 0.480 e. The average molecular weight is 673 g/mol. The van der Waals surface area contributed by atoms with Crippen LogP contribution in [-0.2, 0) is 14.8 Å². The van der Waals surface area contributed by atoms with Crippen molar-refractivity contribution in [3.8, 4) is 23.2 Å². The SMILES string of the molecule is CCC(Oc1ccc(C)cc1C)C(=O)Nc1cccc(-c2n[nH]c3c(C#N)c(S(=O)(=O)Nc4ccccc4)c(C(=O)c4ccccc4)n23)c1. The second-order valence-electron chi connectivity index (χ2n) is 11.4. The molecule has 0 aliphatic rings. The topological polar surface area (TPSA) is 158 Å². The molecule has 1 atom stereocenters. The molecule has 12 heteroatoms. The molecule has 1 unspecified atom stereocenters. The second-order valence-corrected chi connectivity index (χ2v) is 13.0. The van der Waals surface area contributed by atoms with E-state index in [-0.39, 0.29) is 39.9 Å². The van der Waals surface area contributed by atoms with Gasteiger partial charge in [0.15, 0.2) is 17.6 Å². The number of rotatable bonds is 11. The molecule has 6 aromatic rings. The summed E-state index contributed by atoms with van der Waals surface area (Å²) in [6.45, 7) is 5.76. The van der Waals surface area contributed by atoms with Crippen molar-refractivity contribution in [2.24, 2.45) is 0 Å². The number of hydrogen-bond acceptors (Lipinski definition) is 7. The van der Waals surface area contributed by atoms with Gasteiger partial charge < -0.3 is 10.1 Å². The Morgan fingerprint density at radius 2 is 1.63 bits per heavy atom. The number of anilines is 2. The normalized spacial score (nSPS) is 11.9. The number of para-hydroxylation sites is 1. The van der Waals surface area contributed by atoms with E-state index in [4.69, 9.17) is 4.74 Å². The van der Waals surface area contributed by atoms with Gasteiger partial charge in [0, 0.05) is 22.5 Å². The number of aryl methyl sites for hydroxylation is 2. The molecule has 2 heterocycles. The second kappa shape index (κ2) is 13.5. The van der Waals surface area contributed by atoms with Crippen molar-refractivity contribution < 1.29 is 22.7 Å². The number of nitriles is 1. The van der Waals surface area contributed by atoms with E-state index in [1.54, 1.807) is 84.9 Å². The number of aromatic nitrogens is 3. The molecule has 0 bridgehead atoms. The molecule has 0 saturated heterocycles. The highest BCUT2D eigenvalue weighted by Gasteiger charge is 2.35. The maximum atomic E-state index is 14.2. The van der Waals surface area contributed by atoms with Crippen LogP contribution in [0.2, 0.25) is 0 Å². The molecular weight excluding hydrogens is 641 g/mol. The van der Waals surface area contributed by atoms with E-state index in [2.05, 4.69) is 20.2 Å². The van der Waals surface area contributed by atoms with Gasteiger partial charge in [0.2, 0.25) is 5.78 Å². The van der Waals surface area contributed by atoms with Gasteiger partial charge in [-0.05, 0) is 56.2 Å². The number of fused-ring (bicyclic) bond motifs is 1. The number of nitrogens with zero attached hydrogens (tertiary/aromatic N) is 3. The summed E-state index contributed by atoms with van der Waals surface area (Å²) in [5.41, 5.74) is 2.80. The third-order valence-electron chi connectivity index (χ3n) is 7.91. The van der Waals surface area contributed by atoms with E-state index >= 15 is 0 Å². The first kappa shape index (κ1) is 32.7. The molecule has 11 nitrogen and oxygen atoms in total. The third-order valence-corrected chi connectivity index (χ3v) is 9.35. The average Bonchev–Trinajstić information content (AvgIpc) is 3.67. The van der Waals surface area contributed by atoms with Crippen LogP contribution in [0.3, 0.4) is 0 Å². The van der Waals surface area contributed by atoms with Crippen LogP contribution in [0, 0.1) is 25.2 Å². The lowest BCUT2D eigenvalue weighted by Crippen LogP contribution is -2.32. The maximum absolute atomic E-state index is 14.2. The van der Waals surface area contributed by atoms with Gasteiger partial charge in [-0.1, -0.05) is 85.3 Å². The standard InChI is InChI=1S/C37H32N6O5S/c1-4-30(48-31-19-18-23(2)20-24(31)3)37(45)39-28-17-11-14-26(21-28)35-40-41-36-29(22-38)34(49(46,47)42-27-15-9-6-10-16-27)32(43(35)36)33(44)25-12-7-5-8-13-25/h5-21,30,41-42H,4H2,1-3H3,(H,39,45). The number of amides is 1. The Morgan fingerprint density at radius 1 is 0.939 bits per heavy atom. The van der Waals surface area contributed by atoms with Crippen LogP contribution in [0.25, 0.3) is 17.0 Å². The summed E-state index contributed by atoms with van der Waals surface area (Å²) in [6.07, 6.45) is -0.358. The Bertz CT molecular complexity index is 2340. The molecule has 2 aromatic heterocycles. The van der Waals surface area contributed by atoms with Crippen LogP contribution in [0.4, 0.5) is 11.4 Å². The van der Waals surface area contributed by atoms with Crippen molar-refractivity contribution in [2.45, 2.75) is 38.2 Å². The lowest BCUT2D eigenvalue weighted by Gasteiger charge is -2.19. The molecule has 0 aliphatic carbocycles. The number of carbonyl (C=O) groups is 2. The van der Waals surface area contributed by atoms with E-state index in [9.17, 15) is 23.3 Å². The summed E-state index contributed by atoms with van der Waals surface area (Å²) in [4.78, 5) is 27.1. The number of carbonyl (C=O) groups excluding carboxylic acids is 2. The number of sulfonamides is 1. The fraction of sp³-hybridized carbons (Fsp3) is 0.135. The minimum Gasteiger partial charge on any atom is -0.480 e. The predicted molar refractivity (Wildman–Crippen MR) is 186 cm³/mol. The Hall–Kier alpha value is -6.19. The summed E-state index contributed by atoms with van der Waals surface area (Å²) in [7, 11) is -4.47. The van der Waals surface area contributed by atoms with Crippen LogP contribution >= 0.6 is 0 Å². The Morgan fingerprint density at radius 3 is 2.31 bits per heavy atom. The van der Waals surface area contributed by atoms with E-state index in [0.29, 0.717) is 23.4 Å². The molecule has 4 aromatic carbocycles. The first-order valence-corrected chi connectivity index (χ1v) is 16.9. The van der Waals surface area contributed by atoms with Gasteiger partial charge in [0.25, 0.3) is 15.9 Å². The summed E-state index contributed by atoms with van der Waals surface area (Å²) in [5, 5.41) is 20.3. The van der Waals surface area contributed by atoms with Gasteiger partial charge in [-0.15, -0.1) is 0 Å². The monoisotopic (exact) mass is 672 g/mol. The predicted octanol–water partition coefficient (Wildman–Crippen LogP) is 6.65. The summed E-state index contributed by atoms with van der Waals surface area (Å²) < 4.78 is 37.8. The Balaban J connectivity index is 1.43. The fourth-order valence-electron chi connectivity index (χ4n) is 5.59. The number of ketones is 1. The van der Waals surface area contributed by atoms with Crippen molar-refractivity contribution in [1.29, 1.82) is 5.26 Å². The highest BCUT2D eigenvalue weighted by molar-refractivity contribution is 7.92. The number of benzene rings is 4. The molecule has 0 aliphatic heterocycles. The molecule has 0 fully saturated rings. The zero-order valence-electron chi connectivity index (χ0n) is 26.9. The first-order chi connectivity index (χ1) is 23.6. The van der Waals surface area contributed by atoms with E-state index in [0.717, 1.165) is 11.1 Å². The summed E-state index contributed by atoms with van der Waals surface area (Å²) in [5.74, 6) is -0.224. The van der Waals surface area contributed by atoms with Crippen LogP contribution in [0.5, 0.6) is 5.75 Å². The lowest BCUT2D eigenvalue weighted by molar-refractivity contribution is -0.122. The van der Waals surface area contributed by atoms with Crippen molar-refractivity contribution in [3.05, 3.63) is 131 Å². The number of ether oxygens (including phenoxy) is 1. The van der Waals surface area contributed by atoms with Crippen molar-refractivity contribution in [1.82, 2.24) is 14.6 Å². The molecule has 0 saturated carbocycles. The van der Waals surface area contributed by atoms with Gasteiger partial charge in [-0.3, -0.25) is 23.8 Å². The number of nitrogens with one attached hydrogen (secondary N) is 3. The van der Waals surface area contributed by atoms with Gasteiger partial charge >= 0.3 is 0 Å². The fourth-order valence-corrected chi connectivity index (χ4v) is 6.99. The van der Waals surface area contributed by atoms with Gasteiger partial charge in [-0.25, -0.2) is 8.42 Å². The minimum atomic E-state index is -4.47. The number of H-pyrrole nitrogens is 1. The van der Waals surface area contributed by atoms with E-state index < -0.39 is 26.8 Å². The highest BCUT2D eigenvalue weighted by Crippen LogP contribution is 2.34. The molecule has 3 N–H and O–H groups in total. The van der Waals surface area contributed by atoms with Crippen molar-refractivity contribution >= 4 is 38.7 Å². The van der Waals surface area contributed by atoms with Crippen molar-refractivity contribution in [3.63, 3.8) is 0 Å². The zero-order chi connectivity index (χ0) is 34.7.